The average molecular weight is 455 g/mol. The summed E-state index contributed by atoms with van der Waals surface area (Å²) in [5, 5.41) is 14.4. The second-order valence-corrected chi connectivity index (χ2v) is 8.02. The maximum atomic E-state index is 12.4. The molecular weight excluding hydrogens is 432 g/mol. The van der Waals surface area contributed by atoms with Gasteiger partial charge in [0, 0.05) is 54.6 Å². The van der Waals surface area contributed by atoms with Gasteiger partial charge in [-0.15, -0.1) is 0 Å². The third kappa shape index (κ3) is 5.46. The Hall–Kier alpha value is -3.36. The molecule has 0 aliphatic carbocycles. The van der Waals surface area contributed by atoms with Crippen molar-refractivity contribution >= 4 is 28.9 Å². The van der Waals surface area contributed by atoms with Crippen molar-refractivity contribution in [1.82, 2.24) is 10.2 Å². The normalized spacial score (nSPS) is 14.3. The minimum Gasteiger partial charge on any atom is -0.459 e. The summed E-state index contributed by atoms with van der Waals surface area (Å²) in [7, 11) is 0. The smallest absolute Gasteiger partial charge is 0.269 e. The molecule has 2 heterocycles. The monoisotopic (exact) mass is 454 g/mol. The molecule has 1 aliphatic rings. The number of nitro groups is 1. The maximum absolute atomic E-state index is 12.4. The molecule has 1 aliphatic heterocycles. The standard InChI is InChI=1S/C23H23ClN4O4/c24-18-3-1-17(2-4-18)22-10-9-21(32-22)15-25-23(29)16-26-11-13-27(14-12-26)19-5-7-20(8-6-19)28(30)31/h1-10H,11-16H2,(H,25,29). The summed E-state index contributed by atoms with van der Waals surface area (Å²) in [6.45, 7) is 3.65. The van der Waals surface area contributed by atoms with Gasteiger partial charge in [-0.2, -0.15) is 0 Å². The summed E-state index contributed by atoms with van der Waals surface area (Å²) < 4.78 is 5.82. The Morgan fingerprint density at radius 3 is 2.34 bits per heavy atom. The Morgan fingerprint density at radius 2 is 1.69 bits per heavy atom. The number of nitrogens with zero attached hydrogens (tertiary/aromatic N) is 3. The lowest BCUT2D eigenvalue weighted by molar-refractivity contribution is -0.384. The van der Waals surface area contributed by atoms with Gasteiger partial charge in [0.2, 0.25) is 5.91 Å². The number of anilines is 1. The van der Waals surface area contributed by atoms with Crippen LogP contribution in [0, 0.1) is 10.1 Å². The molecule has 0 saturated carbocycles. The molecule has 0 radical (unpaired) electrons. The molecule has 4 rings (SSSR count). The van der Waals surface area contributed by atoms with Crippen LogP contribution in [0.15, 0.2) is 65.1 Å². The molecule has 2 aromatic carbocycles. The lowest BCUT2D eigenvalue weighted by atomic mass is 10.2. The largest absolute Gasteiger partial charge is 0.459 e. The number of carbonyl (C=O) groups excluding carboxylic acids is 1. The van der Waals surface area contributed by atoms with Crippen molar-refractivity contribution < 1.29 is 14.1 Å². The SMILES string of the molecule is O=C(CN1CCN(c2ccc([N+](=O)[O-])cc2)CC1)NCc1ccc(-c2ccc(Cl)cc2)o1. The second-order valence-electron chi connectivity index (χ2n) is 7.59. The Bertz CT molecular complexity index is 1070. The molecule has 166 valence electrons. The first-order valence-corrected chi connectivity index (χ1v) is 10.7. The molecule has 1 fully saturated rings. The molecule has 3 aromatic rings. The number of nitro benzene ring substituents is 1. The summed E-state index contributed by atoms with van der Waals surface area (Å²) in [5.41, 5.74) is 1.97. The van der Waals surface area contributed by atoms with Gasteiger partial charge in [-0.1, -0.05) is 11.6 Å². The van der Waals surface area contributed by atoms with Gasteiger partial charge in [0.1, 0.15) is 11.5 Å². The van der Waals surface area contributed by atoms with E-state index >= 15 is 0 Å². The predicted molar refractivity (Wildman–Crippen MR) is 123 cm³/mol. The van der Waals surface area contributed by atoms with Crippen LogP contribution in [0.3, 0.4) is 0 Å². The molecule has 8 nitrogen and oxygen atoms in total. The van der Waals surface area contributed by atoms with Crippen LogP contribution in [0.25, 0.3) is 11.3 Å². The molecule has 0 bridgehead atoms. The molecule has 0 atom stereocenters. The summed E-state index contributed by atoms with van der Waals surface area (Å²) in [6, 6.07) is 17.7. The van der Waals surface area contributed by atoms with Crippen molar-refractivity contribution in [3.8, 4) is 11.3 Å². The van der Waals surface area contributed by atoms with Gasteiger partial charge in [-0.05, 0) is 48.5 Å². The van der Waals surface area contributed by atoms with Crippen LogP contribution in [0.2, 0.25) is 5.02 Å². The Morgan fingerprint density at radius 1 is 1.00 bits per heavy atom. The number of nitrogens with one attached hydrogen (secondary N) is 1. The van der Waals surface area contributed by atoms with Gasteiger partial charge in [-0.3, -0.25) is 19.8 Å². The third-order valence-corrected chi connectivity index (χ3v) is 5.67. The van der Waals surface area contributed by atoms with Crippen LogP contribution in [0.1, 0.15) is 5.76 Å². The highest BCUT2D eigenvalue weighted by Crippen LogP contribution is 2.24. The van der Waals surface area contributed by atoms with E-state index in [9.17, 15) is 14.9 Å². The summed E-state index contributed by atoms with van der Waals surface area (Å²) >= 11 is 5.92. The number of rotatable bonds is 7. The van der Waals surface area contributed by atoms with Gasteiger partial charge in [0.25, 0.3) is 5.69 Å². The fourth-order valence-electron chi connectivity index (χ4n) is 3.64. The number of amides is 1. The van der Waals surface area contributed by atoms with Gasteiger partial charge >= 0.3 is 0 Å². The van der Waals surface area contributed by atoms with E-state index in [4.69, 9.17) is 16.0 Å². The minimum absolute atomic E-state index is 0.0572. The van der Waals surface area contributed by atoms with Crippen LogP contribution in [0.4, 0.5) is 11.4 Å². The fourth-order valence-corrected chi connectivity index (χ4v) is 3.76. The molecular formula is C23H23ClN4O4. The van der Waals surface area contributed by atoms with E-state index in [2.05, 4.69) is 15.1 Å². The molecule has 1 amide bonds. The van der Waals surface area contributed by atoms with Crippen LogP contribution in [-0.2, 0) is 11.3 Å². The van der Waals surface area contributed by atoms with Crippen molar-refractivity contribution in [2.24, 2.45) is 0 Å². The van der Waals surface area contributed by atoms with Crippen LogP contribution >= 0.6 is 11.6 Å². The van der Waals surface area contributed by atoms with E-state index in [1.54, 1.807) is 12.1 Å². The van der Waals surface area contributed by atoms with E-state index in [1.807, 2.05) is 36.4 Å². The van der Waals surface area contributed by atoms with E-state index in [0.717, 1.165) is 43.2 Å². The van der Waals surface area contributed by atoms with Crippen molar-refractivity contribution in [1.29, 1.82) is 0 Å². The second kappa shape index (κ2) is 9.84. The first kappa shape index (κ1) is 21.9. The molecule has 9 heteroatoms. The Labute approximate surface area is 190 Å². The lowest BCUT2D eigenvalue weighted by Crippen LogP contribution is -2.49. The van der Waals surface area contributed by atoms with Crippen molar-refractivity contribution in [2.75, 3.05) is 37.6 Å². The lowest BCUT2D eigenvalue weighted by Gasteiger charge is -2.35. The quantitative estimate of drug-likeness (QED) is 0.429. The Kier molecular flexibility index (Phi) is 6.72. The van der Waals surface area contributed by atoms with Crippen molar-refractivity contribution in [3.05, 3.63) is 81.6 Å². The van der Waals surface area contributed by atoms with Crippen LogP contribution in [-0.4, -0.2) is 48.5 Å². The van der Waals surface area contributed by atoms with Crippen LogP contribution < -0.4 is 10.2 Å². The topological polar surface area (TPSA) is 91.9 Å². The average Bonchev–Trinajstić information content (AvgIpc) is 3.28. The number of furan rings is 1. The highest BCUT2D eigenvalue weighted by atomic mass is 35.5. The fraction of sp³-hybridized carbons (Fsp3) is 0.261. The molecule has 1 N–H and O–H groups in total. The van der Waals surface area contributed by atoms with Gasteiger partial charge in [0.05, 0.1) is 18.0 Å². The highest BCUT2D eigenvalue weighted by molar-refractivity contribution is 6.30. The number of benzene rings is 2. The van der Waals surface area contributed by atoms with Crippen molar-refractivity contribution in [2.45, 2.75) is 6.54 Å². The molecule has 0 spiro atoms. The molecule has 1 saturated heterocycles. The van der Waals surface area contributed by atoms with Crippen LogP contribution in [0.5, 0.6) is 0 Å². The summed E-state index contributed by atoms with van der Waals surface area (Å²) in [4.78, 5) is 27.0. The molecule has 32 heavy (non-hydrogen) atoms. The predicted octanol–water partition coefficient (Wildman–Crippen LogP) is 3.95. The first-order chi connectivity index (χ1) is 15.5. The van der Waals surface area contributed by atoms with Gasteiger partial charge in [-0.25, -0.2) is 0 Å². The first-order valence-electron chi connectivity index (χ1n) is 10.3. The van der Waals surface area contributed by atoms with E-state index in [0.29, 0.717) is 23.9 Å². The zero-order valence-corrected chi connectivity index (χ0v) is 18.1. The van der Waals surface area contributed by atoms with E-state index in [-0.39, 0.29) is 11.6 Å². The summed E-state index contributed by atoms with van der Waals surface area (Å²) in [5.74, 6) is 1.36. The Balaban J connectivity index is 1.22. The summed E-state index contributed by atoms with van der Waals surface area (Å²) in [6.07, 6.45) is 0. The third-order valence-electron chi connectivity index (χ3n) is 5.42. The zero-order valence-electron chi connectivity index (χ0n) is 17.4. The van der Waals surface area contributed by atoms with Gasteiger partial charge in [0.15, 0.2) is 0 Å². The highest BCUT2D eigenvalue weighted by Gasteiger charge is 2.20. The molecule has 0 unspecified atom stereocenters. The number of hydrogen-bond donors (Lipinski definition) is 1. The number of halogens is 1. The van der Waals surface area contributed by atoms with Crippen molar-refractivity contribution in [3.63, 3.8) is 0 Å². The number of piperazine rings is 1. The number of carbonyl (C=O) groups is 1. The van der Waals surface area contributed by atoms with E-state index < -0.39 is 4.92 Å². The molecule has 1 aromatic heterocycles. The minimum atomic E-state index is -0.401. The maximum Gasteiger partial charge on any atom is 0.269 e. The number of hydrogen-bond acceptors (Lipinski definition) is 6. The number of non-ortho nitro benzene ring substituents is 1. The zero-order chi connectivity index (χ0) is 22.5. The van der Waals surface area contributed by atoms with Gasteiger partial charge < -0.3 is 14.6 Å². The van der Waals surface area contributed by atoms with E-state index in [1.165, 1.54) is 12.1 Å².